The smallest absolute Gasteiger partial charge is 0.321 e. The van der Waals surface area contributed by atoms with Crippen molar-refractivity contribution in [2.45, 2.75) is 17.9 Å². The number of hydrogen-bond acceptors (Lipinski definition) is 4. The first-order chi connectivity index (χ1) is 10.8. The Morgan fingerprint density at radius 3 is 2.35 bits per heavy atom. The van der Waals surface area contributed by atoms with E-state index in [2.05, 4.69) is 4.72 Å². The number of nitrogens with one attached hydrogen (secondary N) is 1. The number of ether oxygens (including phenoxy) is 1. The number of carboxylic acid groups (broad SMARTS) is 1. The first-order valence-corrected chi connectivity index (χ1v) is 8.43. The fourth-order valence-corrected chi connectivity index (χ4v) is 3.06. The molecule has 0 heterocycles. The minimum Gasteiger partial charge on any atom is -0.480 e. The molecule has 0 unspecified atom stereocenters. The van der Waals surface area contributed by atoms with Gasteiger partial charge >= 0.3 is 5.97 Å². The van der Waals surface area contributed by atoms with Crippen LogP contribution in [0.25, 0.3) is 0 Å². The third-order valence-corrected chi connectivity index (χ3v) is 4.77. The Morgan fingerprint density at radius 1 is 1.17 bits per heavy atom. The van der Waals surface area contributed by atoms with E-state index in [4.69, 9.17) is 21.4 Å². The van der Waals surface area contributed by atoms with E-state index in [1.54, 1.807) is 24.3 Å². The Hall–Kier alpha value is -2.09. The van der Waals surface area contributed by atoms with Crippen molar-refractivity contribution in [2.75, 3.05) is 0 Å². The topological polar surface area (TPSA) is 92.7 Å². The molecule has 8 heteroatoms. The van der Waals surface area contributed by atoms with Crippen LogP contribution in [0.3, 0.4) is 0 Å². The van der Waals surface area contributed by atoms with E-state index in [1.165, 1.54) is 31.2 Å². The second-order valence-corrected chi connectivity index (χ2v) is 6.81. The number of para-hydroxylation sites is 1. The van der Waals surface area contributed by atoms with Crippen LogP contribution in [-0.4, -0.2) is 25.5 Å². The van der Waals surface area contributed by atoms with Crippen LogP contribution in [0.2, 0.25) is 5.02 Å². The number of hydrogen-bond donors (Lipinski definition) is 2. The lowest BCUT2D eigenvalue weighted by molar-refractivity contribution is -0.138. The van der Waals surface area contributed by atoms with Crippen molar-refractivity contribution in [1.82, 2.24) is 4.72 Å². The van der Waals surface area contributed by atoms with E-state index >= 15 is 0 Å². The molecule has 0 aliphatic rings. The summed E-state index contributed by atoms with van der Waals surface area (Å²) in [7, 11) is -3.91. The average molecular weight is 356 g/mol. The highest BCUT2D eigenvalue weighted by atomic mass is 35.5. The fraction of sp³-hybridized carbons (Fsp3) is 0.133. The van der Waals surface area contributed by atoms with Crippen molar-refractivity contribution in [3.05, 3.63) is 53.6 Å². The molecule has 0 aliphatic heterocycles. The van der Waals surface area contributed by atoms with Crippen molar-refractivity contribution in [3.8, 4) is 11.5 Å². The molecule has 0 radical (unpaired) electrons. The number of aliphatic carboxylic acids is 1. The van der Waals surface area contributed by atoms with Gasteiger partial charge < -0.3 is 9.84 Å². The lowest BCUT2D eigenvalue weighted by Gasteiger charge is -2.11. The van der Waals surface area contributed by atoms with Crippen LogP contribution in [0, 0.1) is 0 Å². The quantitative estimate of drug-likeness (QED) is 0.831. The van der Waals surface area contributed by atoms with Gasteiger partial charge in [0.1, 0.15) is 17.5 Å². The van der Waals surface area contributed by atoms with E-state index in [0.717, 1.165) is 0 Å². The largest absolute Gasteiger partial charge is 0.480 e. The zero-order valence-corrected chi connectivity index (χ0v) is 13.6. The molecule has 0 fully saturated rings. The Balaban J connectivity index is 2.16. The van der Waals surface area contributed by atoms with Gasteiger partial charge in [0, 0.05) is 0 Å². The average Bonchev–Trinajstić information content (AvgIpc) is 2.49. The van der Waals surface area contributed by atoms with Gasteiger partial charge in [-0.25, -0.2) is 8.42 Å². The lowest BCUT2D eigenvalue weighted by Crippen LogP contribution is -2.38. The molecule has 2 aromatic carbocycles. The Kier molecular flexibility index (Phi) is 5.25. The van der Waals surface area contributed by atoms with E-state index in [9.17, 15) is 13.2 Å². The summed E-state index contributed by atoms with van der Waals surface area (Å²) in [6.45, 7) is 1.24. The van der Waals surface area contributed by atoms with Crippen molar-refractivity contribution < 1.29 is 23.1 Å². The van der Waals surface area contributed by atoms with Crippen LogP contribution in [0.1, 0.15) is 6.92 Å². The highest BCUT2D eigenvalue weighted by Gasteiger charge is 2.21. The highest BCUT2D eigenvalue weighted by molar-refractivity contribution is 7.89. The SMILES string of the molecule is C[C@H](NS(=O)(=O)c1ccc(Oc2ccccc2Cl)cc1)C(=O)O. The molecular formula is C15H14ClNO5S. The van der Waals surface area contributed by atoms with Gasteiger partial charge in [0.2, 0.25) is 10.0 Å². The lowest BCUT2D eigenvalue weighted by atomic mass is 10.3. The second kappa shape index (κ2) is 6.99. The van der Waals surface area contributed by atoms with E-state index in [0.29, 0.717) is 16.5 Å². The molecule has 2 aromatic rings. The van der Waals surface area contributed by atoms with Crippen LogP contribution >= 0.6 is 11.6 Å². The minimum absolute atomic E-state index is 0.0582. The molecule has 122 valence electrons. The van der Waals surface area contributed by atoms with Crippen LogP contribution in [0.5, 0.6) is 11.5 Å². The van der Waals surface area contributed by atoms with Gasteiger partial charge in [0.15, 0.2) is 0 Å². The van der Waals surface area contributed by atoms with Crippen LogP contribution in [-0.2, 0) is 14.8 Å². The molecule has 6 nitrogen and oxygen atoms in total. The van der Waals surface area contributed by atoms with Gasteiger partial charge in [-0.05, 0) is 43.3 Å². The Bertz CT molecular complexity index is 805. The third kappa shape index (κ3) is 4.44. The van der Waals surface area contributed by atoms with Crippen molar-refractivity contribution in [3.63, 3.8) is 0 Å². The number of halogens is 1. The van der Waals surface area contributed by atoms with Crippen LogP contribution in [0.4, 0.5) is 0 Å². The standard InChI is InChI=1S/C15H14ClNO5S/c1-10(15(18)19)17-23(20,21)12-8-6-11(7-9-12)22-14-5-3-2-4-13(14)16/h2-10,17H,1H3,(H,18,19)/t10-/m0/s1. The van der Waals surface area contributed by atoms with Crippen molar-refractivity contribution in [2.24, 2.45) is 0 Å². The maximum atomic E-state index is 12.0. The first kappa shape index (κ1) is 17.3. The van der Waals surface area contributed by atoms with Gasteiger partial charge in [-0.3, -0.25) is 4.79 Å². The van der Waals surface area contributed by atoms with Gasteiger partial charge in [0.05, 0.1) is 9.92 Å². The summed E-state index contributed by atoms with van der Waals surface area (Å²) >= 11 is 5.98. The molecule has 23 heavy (non-hydrogen) atoms. The summed E-state index contributed by atoms with van der Waals surface area (Å²) in [5.74, 6) is -0.405. The fourth-order valence-electron chi connectivity index (χ4n) is 1.69. The predicted octanol–water partition coefficient (Wildman–Crippen LogP) is 2.88. The van der Waals surface area contributed by atoms with Crippen LogP contribution in [0.15, 0.2) is 53.4 Å². The summed E-state index contributed by atoms with van der Waals surface area (Å²) in [5, 5.41) is 9.20. The molecule has 0 aliphatic carbocycles. The second-order valence-electron chi connectivity index (χ2n) is 4.69. The van der Waals surface area contributed by atoms with E-state index < -0.39 is 22.0 Å². The van der Waals surface area contributed by atoms with Gasteiger partial charge in [-0.2, -0.15) is 4.72 Å². The highest BCUT2D eigenvalue weighted by Crippen LogP contribution is 2.29. The van der Waals surface area contributed by atoms with E-state index in [1.807, 2.05) is 0 Å². The number of sulfonamides is 1. The molecule has 0 amide bonds. The van der Waals surface area contributed by atoms with Crippen LogP contribution < -0.4 is 9.46 Å². The number of benzene rings is 2. The zero-order valence-electron chi connectivity index (χ0n) is 12.1. The molecule has 0 saturated heterocycles. The summed E-state index contributed by atoms with van der Waals surface area (Å²) in [6, 6.07) is 11.2. The van der Waals surface area contributed by atoms with Crippen molar-refractivity contribution in [1.29, 1.82) is 0 Å². The minimum atomic E-state index is -3.91. The molecular weight excluding hydrogens is 342 g/mol. The molecule has 0 saturated carbocycles. The van der Waals surface area contributed by atoms with Gasteiger partial charge in [-0.15, -0.1) is 0 Å². The molecule has 0 spiro atoms. The zero-order chi connectivity index (χ0) is 17.0. The monoisotopic (exact) mass is 355 g/mol. The van der Waals surface area contributed by atoms with Gasteiger partial charge in [0.25, 0.3) is 0 Å². The summed E-state index contributed by atoms with van der Waals surface area (Å²) in [5.41, 5.74) is 0. The maximum Gasteiger partial charge on any atom is 0.321 e. The molecule has 0 aromatic heterocycles. The van der Waals surface area contributed by atoms with Gasteiger partial charge in [-0.1, -0.05) is 23.7 Å². The molecule has 2 N–H and O–H groups in total. The first-order valence-electron chi connectivity index (χ1n) is 6.57. The normalized spacial score (nSPS) is 12.6. The summed E-state index contributed by atoms with van der Waals surface area (Å²) < 4.78 is 31.7. The predicted molar refractivity (Wildman–Crippen MR) is 85.4 cm³/mol. The maximum absolute atomic E-state index is 12.0. The third-order valence-electron chi connectivity index (χ3n) is 2.90. The summed E-state index contributed by atoms with van der Waals surface area (Å²) in [4.78, 5) is 10.7. The Morgan fingerprint density at radius 2 is 1.78 bits per heavy atom. The number of rotatable bonds is 6. The van der Waals surface area contributed by atoms with E-state index in [-0.39, 0.29) is 4.90 Å². The van der Waals surface area contributed by atoms with Crippen molar-refractivity contribution >= 4 is 27.6 Å². The Labute approximate surface area is 138 Å². The number of carboxylic acids is 1. The molecule has 0 bridgehead atoms. The molecule has 1 atom stereocenters. The summed E-state index contributed by atoms with van der Waals surface area (Å²) in [6.07, 6.45) is 0. The molecule has 2 rings (SSSR count). The number of carbonyl (C=O) groups is 1.